The third-order valence-corrected chi connectivity index (χ3v) is 4.94. The van der Waals surface area contributed by atoms with Crippen LogP contribution in [0.4, 0.5) is 8.78 Å². The molecule has 1 aliphatic carbocycles. The van der Waals surface area contributed by atoms with Gasteiger partial charge in [-0.05, 0) is 42.4 Å². The molecule has 2 rings (SSSR count). The fraction of sp³-hybridized carbons (Fsp3) is 0.632. The van der Waals surface area contributed by atoms with E-state index in [0.29, 0.717) is 12.5 Å². The summed E-state index contributed by atoms with van der Waals surface area (Å²) in [6.45, 7) is -0.720. The normalized spacial score (nSPS) is 16.1. The van der Waals surface area contributed by atoms with Crippen LogP contribution in [0.1, 0.15) is 37.7 Å². The minimum Gasteiger partial charge on any atom is -0.435 e. The minimum atomic E-state index is -2.82. The molecule has 1 aromatic carbocycles. The van der Waals surface area contributed by atoms with Crippen molar-refractivity contribution < 1.29 is 18.3 Å². The van der Waals surface area contributed by atoms with Crippen LogP contribution in [0.2, 0.25) is 0 Å². The molecule has 1 saturated carbocycles. The summed E-state index contributed by atoms with van der Waals surface area (Å²) in [7, 11) is 3.46. The number of aliphatic imine (C=N–C) groups is 1. The second-order valence-electron chi connectivity index (χ2n) is 6.76. The Morgan fingerprint density at radius 3 is 2.63 bits per heavy atom. The van der Waals surface area contributed by atoms with Gasteiger partial charge < -0.3 is 20.1 Å². The molecule has 0 aromatic heterocycles. The molecule has 0 heterocycles. The van der Waals surface area contributed by atoms with Crippen molar-refractivity contribution in [1.82, 2.24) is 10.6 Å². The van der Waals surface area contributed by atoms with Crippen molar-refractivity contribution in [2.75, 3.05) is 27.3 Å². The van der Waals surface area contributed by atoms with Crippen molar-refractivity contribution in [3.8, 4) is 5.75 Å². The molecule has 0 aliphatic heterocycles. The number of nitrogens with zero attached hydrogens (tertiary/aromatic N) is 1. The molecule has 0 unspecified atom stereocenters. The van der Waals surface area contributed by atoms with Crippen molar-refractivity contribution in [3.63, 3.8) is 0 Å². The first kappa shape index (κ1) is 23.9. The lowest BCUT2D eigenvalue weighted by Crippen LogP contribution is -2.43. The van der Waals surface area contributed by atoms with Gasteiger partial charge in [0.2, 0.25) is 0 Å². The van der Waals surface area contributed by atoms with Crippen LogP contribution in [0.25, 0.3) is 0 Å². The quantitative estimate of drug-likeness (QED) is 0.306. The SMILES string of the molecule is CN=C(NCc1cccc(OC(F)F)c1)NCC1(CCOC)CCCC1.I. The Morgan fingerprint density at radius 2 is 2.00 bits per heavy atom. The highest BCUT2D eigenvalue weighted by atomic mass is 127. The van der Waals surface area contributed by atoms with E-state index in [1.54, 1.807) is 26.3 Å². The predicted molar refractivity (Wildman–Crippen MR) is 114 cm³/mol. The highest BCUT2D eigenvalue weighted by Crippen LogP contribution is 2.40. The summed E-state index contributed by atoms with van der Waals surface area (Å²) in [5.41, 5.74) is 1.11. The zero-order chi connectivity index (χ0) is 18.8. The van der Waals surface area contributed by atoms with E-state index in [1.165, 1.54) is 31.7 Å². The first-order valence-electron chi connectivity index (χ1n) is 9.04. The highest BCUT2D eigenvalue weighted by molar-refractivity contribution is 14.0. The zero-order valence-electron chi connectivity index (χ0n) is 16.0. The lowest BCUT2D eigenvalue weighted by atomic mass is 9.83. The summed E-state index contributed by atoms with van der Waals surface area (Å²) >= 11 is 0. The number of methoxy groups -OCH3 is 1. The van der Waals surface area contributed by atoms with E-state index in [-0.39, 0.29) is 35.1 Å². The molecule has 8 heteroatoms. The maximum absolute atomic E-state index is 12.3. The molecule has 0 radical (unpaired) electrons. The highest BCUT2D eigenvalue weighted by Gasteiger charge is 2.33. The van der Waals surface area contributed by atoms with Crippen molar-refractivity contribution in [2.24, 2.45) is 10.4 Å². The van der Waals surface area contributed by atoms with Gasteiger partial charge in [0.15, 0.2) is 5.96 Å². The van der Waals surface area contributed by atoms with Crippen LogP contribution in [0, 0.1) is 5.41 Å². The first-order valence-corrected chi connectivity index (χ1v) is 9.04. The van der Waals surface area contributed by atoms with Crippen molar-refractivity contribution >= 4 is 29.9 Å². The second-order valence-corrected chi connectivity index (χ2v) is 6.76. The van der Waals surface area contributed by atoms with Gasteiger partial charge in [0, 0.05) is 33.9 Å². The summed E-state index contributed by atoms with van der Waals surface area (Å²) < 4.78 is 34.3. The number of hydrogen-bond donors (Lipinski definition) is 2. The number of benzene rings is 1. The van der Waals surface area contributed by atoms with Gasteiger partial charge in [0.25, 0.3) is 0 Å². The Kier molecular flexibility index (Phi) is 10.9. The lowest BCUT2D eigenvalue weighted by Gasteiger charge is -2.30. The van der Waals surface area contributed by atoms with E-state index in [2.05, 4.69) is 20.4 Å². The Morgan fingerprint density at radius 1 is 1.26 bits per heavy atom. The van der Waals surface area contributed by atoms with Crippen molar-refractivity contribution in [3.05, 3.63) is 29.8 Å². The van der Waals surface area contributed by atoms with E-state index in [1.807, 2.05) is 6.07 Å². The second kappa shape index (κ2) is 12.3. The predicted octanol–water partition coefficient (Wildman–Crippen LogP) is 4.17. The number of alkyl halides is 2. The van der Waals surface area contributed by atoms with Gasteiger partial charge in [-0.25, -0.2) is 0 Å². The fourth-order valence-corrected chi connectivity index (χ4v) is 3.47. The van der Waals surface area contributed by atoms with Crippen LogP contribution in [-0.2, 0) is 11.3 Å². The maximum Gasteiger partial charge on any atom is 0.387 e. The summed E-state index contributed by atoms with van der Waals surface area (Å²) in [5.74, 6) is 0.862. The summed E-state index contributed by atoms with van der Waals surface area (Å²) in [4.78, 5) is 4.26. The van der Waals surface area contributed by atoms with Crippen LogP contribution in [-0.4, -0.2) is 39.9 Å². The van der Waals surface area contributed by atoms with E-state index >= 15 is 0 Å². The smallest absolute Gasteiger partial charge is 0.387 e. The summed E-state index contributed by atoms with van der Waals surface area (Å²) in [6, 6.07) is 6.67. The zero-order valence-corrected chi connectivity index (χ0v) is 18.3. The molecular formula is C19H30F2IN3O2. The molecule has 154 valence electrons. The van der Waals surface area contributed by atoms with E-state index < -0.39 is 6.61 Å². The number of rotatable bonds is 9. The lowest BCUT2D eigenvalue weighted by molar-refractivity contribution is -0.0498. The fourth-order valence-electron chi connectivity index (χ4n) is 3.47. The Hall–Kier alpha value is -1.16. The summed E-state index contributed by atoms with van der Waals surface area (Å²) in [6.07, 6.45) is 5.96. The summed E-state index contributed by atoms with van der Waals surface area (Å²) in [5, 5.41) is 6.64. The molecule has 0 spiro atoms. The molecule has 1 fully saturated rings. The van der Waals surface area contributed by atoms with Crippen LogP contribution < -0.4 is 15.4 Å². The average Bonchev–Trinajstić information content (AvgIpc) is 3.09. The Labute approximate surface area is 177 Å². The van der Waals surface area contributed by atoms with Crippen LogP contribution in [0.3, 0.4) is 0 Å². The van der Waals surface area contributed by atoms with Gasteiger partial charge in [0.1, 0.15) is 5.75 Å². The van der Waals surface area contributed by atoms with E-state index in [4.69, 9.17) is 4.74 Å². The van der Waals surface area contributed by atoms with Crippen LogP contribution in [0.15, 0.2) is 29.3 Å². The molecule has 0 amide bonds. The van der Waals surface area contributed by atoms with Gasteiger partial charge in [-0.1, -0.05) is 25.0 Å². The third-order valence-electron chi connectivity index (χ3n) is 4.94. The average molecular weight is 497 g/mol. The van der Waals surface area contributed by atoms with E-state index in [9.17, 15) is 8.78 Å². The number of ether oxygens (including phenoxy) is 2. The maximum atomic E-state index is 12.3. The number of hydrogen-bond acceptors (Lipinski definition) is 3. The molecule has 27 heavy (non-hydrogen) atoms. The molecule has 2 N–H and O–H groups in total. The topological polar surface area (TPSA) is 54.9 Å². The van der Waals surface area contributed by atoms with Crippen molar-refractivity contribution in [2.45, 2.75) is 45.3 Å². The van der Waals surface area contributed by atoms with Gasteiger partial charge in [-0.15, -0.1) is 24.0 Å². The number of halogens is 3. The Bertz CT molecular complexity index is 582. The number of nitrogens with one attached hydrogen (secondary N) is 2. The monoisotopic (exact) mass is 497 g/mol. The molecule has 0 bridgehead atoms. The number of guanidine groups is 1. The van der Waals surface area contributed by atoms with Gasteiger partial charge >= 0.3 is 6.61 Å². The van der Waals surface area contributed by atoms with E-state index in [0.717, 1.165) is 25.1 Å². The minimum absolute atomic E-state index is 0. The Balaban J connectivity index is 0.00000364. The first-order chi connectivity index (χ1) is 12.6. The molecule has 1 aliphatic rings. The van der Waals surface area contributed by atoms with Crippen molar-refractivity contribution in [1.29, 1.82) is 0 Å². The van der Waals surface area contributed by atoms with Crippen LogP contribution in [0.5, 0.6) is 5.75 Å². The molecule has 0 saturated heterocycles. The largest absolute Gasteiger partial charge is 0.435 e. The standard InChI is InChI=1S/C19H29F2N3O2.HI/c1-22-18(24-14-19(10-11-25-2)8-3-4-9-19)23-13-15-6-5-7-16(12-15)26-17(20)21;/h5-7,12,17H,3-4,8-11,13-14H2,1-2H3,(H2,22,23,24);1H. The van der Waals surface area contributed by atoms with Crippen LogP contribution >= 0.6 is 24.0 Å². The molecular weight excluding hydrogens is 467 g/mol. The third kappa shape index (κ3) is 8.16. The van der Waals surface area contributed by atoms with Gasteiger partial charge in [0.05, 0.1) is 0 Å². The molecule has 1 aromatic rings. The molecule has 0 atom stereocenters. The van der Waals surface area contributed by atoms with Gasteiger partial charge in [-0.2, -0.15) is 8.78 Å². The van der Waals surface area contributed by atoms with Gasteiger partial charge in [-0.3, -0.25) is 4.99 Å². The molecule has 5 nitrogen and oxygen atoms in total.